The molecule has 0 heterocycles. The lowest BCUT2D eigenvalue weighted by atomic mass is 9.99. The molecular weight excluding hydrogens is 426 g/mol. The zero-order chi connectivity index (χ0) is 24.1. The number of hydrogen-bond acceptors (Lipinski definition) is 7. The number of carboxylic acid groups (broad SMARTS) is 1. The summed E-state index contributed by atoms with van der Waals surface area (Å²) in [5.41, 5.74) is 11.0. The second kappa shape index (κ2) is 14.6. The number of nitrogens with one attached hydrogen (secondary N) is 3. The molecule has 0 spiro atoms. The van der Waals surface area contributed by atoms with Gasteiger partial charge in [-0.25, -0.2) is 4.79 Å². The molecule has 31 heavy (non-hydrogen) atoms. The number of nitrogens with two attached hydrogens (primary N) is 2. The Hall–Kier alpha value is -2.34. The van der Waals surface area contributed by atoms with Gasteiger partial charge >= 0.3 is 5.97 Å². The average Bonchev–Trinajstić information content (AvgIpc) is 2.71. The van der Waals surface area contributed by atoms with Gasteiger partial charge in [0.1, 0.15) is 18.1 Å². The molecule has 0 bridgehead atoms. The smallest absolute Gasteiger partial charge is 0.326 e. The van der Waals surface area contributed by atoms with Gasteiger partial charge in [0, 0.05) is 6.42 Å². The first-order valence-corrected chi connectivity index (χ1v) is 11.5. The predicted molar refractivity (Wildman–Crippen MR) is 118 cm³/mol. The van der Waals surface area contributed by atoms with Gasteiger partial charge in [0.25, 0.3) is 0 Å². The van der Waals surface area contributed by atoms with Crippen LogP contribution in [-0.4, -0.2) is 70.9 Å². The van der Waals surface area contributed by atoms with Crippen LogP contribution < -0.4 is 27.4 Å². The van der Waals surface area contributed by atoms with Crippen molar-refractivity contribution < 1.29 is 29.1 Å². The van der Waals surface area contributed by atoms with Crippen molar-refractivity contribution in [2.45, 2.75) is 70.6 Å². The maximum atomic E-state index is 12.6. The van der Waals surface area contributed by atoms with Crippen LogP contribution >= 0.6 is 11.8 Å². The minimum atomic E-state index is -1.17. The monoisotopic (exact) mass is 461 g/mol. The van der Waals surface area contributed by atoms with E-state index in [4.69, 9.17) is 11.5 Å². The lowest BCUT2D eigenvalue weighted by Crippen LogP contribution is -2.57. The molecule has 0 aromatic rings. The van der Waals surface area contributed by atoms with Crippen LogP contribution in [0.25, 0.3) is 0 Å². The molecule has 11 nitrogen and oxygen atoms in total. The Kier molecular flexibility index (Phi) is 13.5. The number of rotatable bonds is 15. The van der Waals surface area contributed by atoms with Gasteiger partial charge in [-0.1, -0.05) is 20.3 Å². The molecule has 0 rings (SSSR count). The summed E-state index contributed by atoms with van der Waals surface area (Å²) in [7, 11) is 0. The Morgan fingerprint density at radius 2 is 1.58 bits per heavy atom. The third-order valence-corrected chi connectivity index (χ3v) is 5.45. The van der Waals surface area contributed by atoms with Gasteiger partial charge < -0.3 is 32.5 Å². The normalized spacial score (nSPS) is 15.6. The fraction of sp³-hybridized carbons (Fsp3) is 0.737. The zero-order valence-electron chi connectivity index (χ0n) is 18.5. The largest absolute Gasteiger partial charge is 0.480 e. The highest BCUT2D eigenvalue weighted by molar-refractivity contribution is 7.98. The van der Waals surface area contributed by atoms with Crippen molar-refractivity contribution in [1.82, 2.24) is 16.0 Å². The standard InChI is InChI=1S/C19H35N5O6S/c1-5-10(2)15(19(29)30)24-16(26)11(3)22-18(28)13(6-7-14(21)25)23-17(27)12(20)8-9-31-4/h10-13,15H,5-9,20H2,1-4H3,(H2,21,25)(H,22,28)(H,23,27)(H,24,26)(H,29,30). The summed E-state index contributed by atoms with van der Waals surface area (Å²) in [5, 5.41) is 16.6. The van der Waals surface area contributed by atoms with Crippen LogP contribution in [0.1, 0.15) is 46.5 Å². The lowest BCUT2D eigenvalue weighted by Gasteiger charge is -2.25. The quantitative estimate of drug-likeness (QED) is 0.177. The van der Waals surface area contributed by atoms with Gasteiger partial charge in [0.15, 0.2) is 0 Å². The van der Waals surface area contributed by atoms with Crippen LogP contribution in [0.2, 0.25) is 0 Å². The number of aliphatic carboxylic acids is 1. The molecule has 0 radical (unpaired) electrons. The third-order valence-electron chi connectivity index (χ3n) is 4.81. The van der Waals surface area contributed by atoms with E-state index >= 15 is 0 Å². The molecule has 0 aliphatic rings. The number of primary amides is 1. The highest BCUT2D eigenvalue weighted by atomic mass is 32.2. The fourth-order valence-electron chi connectivity index (χ4n) is 2.55. The molecule has 0 fully saturated rings. The summed E-state index contributed by atoms with van der Waals surface area (Å²) in [4.78, 5) is 59.8. The van der Waals surface area contributed by atoms with E-state index in [1.165, 1.54) is 18.7 Å². The molecule has 5 unspecified atom stereocenters. The summed E-state index contributed by atoms with van der Waals surface area (Å²) >= 11 is 1.52. The Balaban J connectivity index is 5.13. The van der Waals surface area contributed by atoms with E-state index in [9.17, 15) is 29.1 Å². The molecule has 0 aromatic carbocycles. The molecule has 8 N–H and O–H groups in total. The Bertz CT molecular complexity index is 647. The zero-order valence-corrected chi connectivity index (χ0v) is 19.3. The summed E-state index contributed by atoms with van der Waals surface area (Å²) in [6, 6.07) is -4.13. The minimum absolute atomic E-state index is 0.0683. The predicted octanol–water partition coefficient (Wildman–Crippen LogP) is -1.06. The van der Waals surface area contributed by atoms with Crippen molar-refractivity contribution in [3.8, 4) is 0 Å². The van der Waals surface area contributed by atoms with Crippen LogP contribution in [-0.2, 0) is 24.0 Å². The Labute approximate surface area is 186 Å². The Morgan fingerprint density at radius 3 is 2.06 bits per heavy atom. The second-order valence-corrected chi connectivity index (χ2v) is 8.38. The number of thioether (sulfide) groups is 1. The fourth-order valence-corrected chi connectivity index (χ4v) is 3.04. The molecule has 0 aliphatic heterocycles. The van der Waals surface area contributed by atoms with Gasteiger partial charge in [-0.15, -0.1) is 0 Å². The van der Waals surface area contributed by atoms with Gasteiger partial charge in [0.2, 0.25) is 23.6 Å². The molecular formula is C19H35N5O6S. The summed E-state index contributed by atoms with van der Waals surface area (Å²) in [6.07, 6.45) is 2.59. The summed E-state index contributed by atoms with van der Waals surface area (Å²) in [5.74, 6) is -3.42. The lowest BCUT2D eigenvalue weighted by molar-refractivity contribution is -0.143. The summed E-state index contributed by atoms with van der Waals surface area (Å²) in [6.45, 7) is 4.88. The van der Waals surface area contributed by atoms with Crippen LogP contribution in [0.15, 0.2) is 0 Å². The van der Waals surface area contributed by atoms with Crippen molar-refractivity contribution in [3.63, 3.8) is 0 Å². The molecule has 12 heteroatoms. The van der Waals surface area contributed by atoms with E-state index in [2.05, 4.69) is 16.0 Å². The van der Waals surface area contributed by atoms with Crippen molar-refractivity contribution in [2.75, 3.05) is 12.0 Å². The molecule has 178 valence electrons. The van der Waals surface area contributed by atoms with Crippen molar-refractivity contribution in [1.29, 1.82) is 0 Å². The van der Waals surface area contributed by atoms with E-state index in [1.54, 1.807) is 13.8 Å². The average molecular weight is 462 g/mol. The van der Waals surface area contributed by atoms with Gasteiger partial charge in [0.05, 0.1) is 6.04 Å². The first-order chi connectivity index (χ1) is 14.4. The first kappa shape index (κ1) is 28.7. The Morgan fingerprint density at radius 1 is 0.968 bits per heavy atom. The number of carboxylic acids is 1. The summed E-state index contributed by atoms with van der Waals surface area (Å²) < 4.78 is 0. The van der Waals surface area contributed by atoms with Crippen LogP contribution in [0.5, 0.6) is 0 Å². The van der Waals surface area contributed by atoms with E-state index in [0.717, 1.165) is 0 Å². The number of hydrogen-bond donors (Lipinski definition) is 6. The number of carbonyl (C=O) groups is 5. The highest BCUT2D eigenvalue weighted by Gasteiger charge is 2.30. The van der Waals surface area contributed by atoms with Gasteiger partial charge in [-0.05, 0) is 37.7 Å². The maximum Gasteiger partial charge on any atom is 0.326 e. The van der Waals surface area contributed by atoms with Crippen molar-refractivity contribution >= 4 is 41.4 Å². The third kappa shape index (κ3) is 11.0. The van der Waals surface area contributed by atoms with Crippen molar-refractivity contribution in [2.24, 2.45) is 17.4 Å². The highest BCUT2D eigenvalue weighted by Crippen LogP contribution is 2.08. The van der Waals surface area contributed by atoms with Crippen molar-refractivity contribution in [3.05, 3.63) is 0 Å². The van der Waals surface area contributed by atoms with E-state index in [0.29, 0.717) is 18.6 Å². The molecule has 0 aliphatic carbocycles. The van der Waals surface area contributed by atoms with E-state index in [-0.39, 0.29) is 18.8 Å². The van der Waals surface area contributed by atoms with Crippen LogP contribution in [0.4, 0.5) is 0 Å². The molecule has 0 saturated carbocycles. The van der Waals surface area contributed by atoms with Crippen LogP contribution in [0, 0.1) is 5.92 Å². The second-order valence-electron chi connectivity index (χ2n) is 7.39. The van der Waals surface area contributed by atoms with Gasteiger partial charge in [-0.3, -0.25) is 19.2 Å². The van der Waals surface area contributed by atoms with Crippen LogP contribution in [0.3, 0.4) is 0 Å². The minimum Gasteiger partial charge on any atom is -0.480 e. The molecule has 0 aromatic heterocycles. The topological polar surface area (TPSA) is 194 Å². The maximum absolute atomic E-state index is 12.6. The molecule has 5 atom stereocenters. The first-order valence-electron chi connectivity index (χ1n) is 10.1. The van der Waals surface area contributed by atoms with E-state index < -0.39 is 53.8 Å². The molecule has 0 saturated heterocycles. The van der Waals surface area contributed by atoms with Gasteiger partial charge in [-0.2, -0.15) is 11.8 Å². The number of carbonyl (C=O) groups excluding carboxylic acids is 4. The van der Waals surface area contributed by atoms with E-state index in [1.807, 2.05) is 6.26 Å². The SMILES string of the molecule is CCC(C)C(NC(=O)C(C)NC(=O)C(CCC(N)=O)NC(=O)C(N)CCSC)C(=O)O. The number of amides is 4. The molecule has 4 amide bonds.